The molecule has 1 N–H and O–H groups in total. The maximum Gasteiger partial charge on any atom is 0.347 e. The summed E-state index contributed by atoms with van der Waals surface area (Å²) in [4.78, 5) is 36.8. The maximum absolute atomic E-state index is 12.6. The van der Waals surface area contributed by atoms with E-state index in [1.54, 1.807) is 18.2 Å². The number of hydrogen-bond acceptors (Lipinski definition) is 8. The number of carbonyl (C=O) groups is 3. The first-order valence-corrected chi connectivity index (χ1v) is 16.3. The molecule has 44 heavy (non-hydrogen) atoms. The van der Waals surface area contributed by atoms with Crippen molar-refractivity contribution in [3.63, 3.8) is 0 Å². The highest BCUT2D eigenvalue weighted by atomic mass is 16.6. The Morgan fingerprint density at radius 2 is 1.45 bits per heavy atom. The summed E-state index contributed by atoms with van der Waals surface area (Å²) < 4.78 is 23.5. The fourth-order valence-electron chi connectivity index (χ4n) is 5.42. The fraction of sp³-hybridized carbons (Fsp3) is 0.583. The van der Waals surface area contributed by atoms with Gasteiger partial charge in [0, 0.05) is 11.6 Å². The average molecular weight is 611 g/mol. The van der Waals surface area contributed by atoms with E-state index in [0.717, 1.165) is 44.1 Å². The van der Waals surface area contributed by atoms with Crippen LogP contribution in [0.1, 0.15) is 137 Å². The van der Waals surface area contributed by atoms with Gasteiger partial charge in [-0.1, -0.05) is 52.9 Å². The molecular formula is C36H50O8. The second kappa shape index (κ2) is 17.7. The van der Waals surface area contributed by atoms with E-state index in [1.807, 2.05) is 19.9 Å². The Hall–Kier alpha value is -3.55. The highest BCUT2D eigenvalue weighted by Gasteiger charge is 2.29. The Kier molecular flexibility index (Phi) is 14.0. The molecule has 0 aromatic heterocycles. The van der Waals surface area contributed by atoms with Crippen LogP contribution in [0.25, 0.3) is 0 Å². The number of aryl methyl sites for hydroxylation is 1. The molecule has 2 aromatic carbocycles. The predicted molar refractivity (Wildman–Crippen MR) is 171 cm³/mol. The molecule has 0 amide bonds. The Labute approximate surface area is 262 Å². The normalized spacial score (nSPS) is 14.1. The van der Waals surface area contributed by atoms with Crippen LogP contribution in [0.4, 0.5) is 0 Å². The fourth-order valence-corrected chi connectivity index (χ4v) is 5.42. The third kappa shape index (κ3) is 10.00. The van der Waals surface area contributed by atoms with E-state index in [9.17, 15) is 19.5 Å². The highest BCUT2D eigenvalue weighted by Crippen LogP contribution is 2.38. The van der Waals surface area contributed by atoms with Crippen molar-refractivity contribution in [3.8, 4) is 23.0 Å². The SMILES string of the molecule is CCCCCCCCOC(=O)[C@@H]1CCc2cc(C(C)=O)c(OCCCCCOc3ccc(C(C)=O)c(O)c3C(C)C)cc2O1. The van der Waals surface area contributed by atoms with E-state index in [2.05, 4.69) is 6.92 Å². The van der Waals surface area contributed by atoms with Crippen LogP contribution in [0.15, 0.2) is 24.3 Å². The van der Waals surface area contributed by atoms with Crippen LogP contribution in [0.3, 0.4) is 0 Å². The van der Waals surface area contributed by atoms with E-state index >= 15 is 0 Å². The zero-order valence-corrected chi connectivity index (χ0v) is 27.2. The molecule has 3 rings (SSSR count). The first-order valence-electron chi connectivity index (χ1n) is 16.3. The average Bonchev–Trinajstić information content (AvgIpc) is 2.98. The molecule has 8 heteroatoms. The van der Waals surface area contributed by atoms with Crippen LogP contribution < -0.4 is 14.2 Å². The lowest BCUT2D eigenvalue weighted by atomic mass is 9.96. The van der Waals surface area contributed by atoms with Gasteiger partial charge in [0.1, 0.15) is 23.0 Å². The van der Waals surface area contributed by atoms with E-state index in [1.165, 1.54) is 33.1 Å². The molecule has 0 saturated carbocycles. The van der Waals surface area contributed by atoms with Crippen LogP contribution in [-0.4, -0.2) is 48.6 Å². The standard InChI is InChI=1S/C36H50O8/c1-6-7-8-9-10-12-21-43-36(40)31-17-15-27-22-29(26(5)38)33(23-32(27)44-31)42-20-14-11-13-19-41-30-18-16-28(25(4)37)35(39)34(30)24(2)3/h16,18,22-24,31,39H,6-15,17,19-21H2,1-5H3/t31-/m0/s1. The zero-order valence-electron chi connectivity index (χ0n) is 27.2. The number of phenols is 1. The third-order valence-electron chi connectivity index (χ3n) is 7.93. The lowest BCUT2D eigenvalue weighted by Gasteiger charge is -2.26. The maximum atomic E-state index is 12.6. The molecule has 0 bridgehead atoms. The van der Waals surface area contributed by atoms with Crippen molar-refractivity contribution in [2.75, 3.05) is 19.8 Å². The summed E-state index contributed by atoms with van der Waals surface area (Å²) in [6, 6.07) is 6.89. The summed E-state index contributed by atoms with van der Waals surface area (Å²) in [5.41, 5.74) is 2.34. The number of unbranched alkanes of at least 4 members (excludes halogenated alkanes) is 7. The summed E-state index contributed by atoms with van der Waals surface area (Å²) in [5.74, 6) is 0.984. The first-order chi connectivity index (χ1) is 21.1. The van der Waals surface area contributed by atoms with Crippen LogP contribution in [0.5, 0.6) is 23.0 Å². The third-order valence-corrected chi connectivity index (χ3v) is 7.93. The minimum absolute atomic E-state index is 0.000185. The number of esters is 1. The summed E-state index contributed by atoms with van der Waals surface area (Å²) in [5, 5.41) is 10.6. The van der Waals surface area contributed by atoms with Gasteiger partial charge >= 0.3 is 5.97 Å². The molecule has 242 valence electrons. The Morgan fingerprint density at radius 3 is 2.11 bits per heavy atom. The number of aromatic hydroxyl groups is 1. The summed E-state index contributed by atoms with van der Waals surface area (Å²) in [7, 11) is 0. The summed E-state index contributed by atoms with van der Waals surface area (Å²) in [6.07, 6.45) is 9.59. The van der Waals surface area contributed by atoms with Gasteiger partial charge in [0.2, 0.25) is 0 Å². The van der Waals surface area contributed by atoms with Crippen LogP contribution in [-0.2, 0) is 16.0 Å². The molecule has 1 heterocycles. The van der Waals surface area contributed by atoms with E-state index in [0.29, 0.717) is 66.6 Å². The number of Topliss-reactive ketones (excluding diaryl/α,β-unsaturated/α-hetero) is 2. The lowest BCUT2D eigenvalue weighted by molar-refractivity contribution is -0.152. The molecule has 1 atom stereocenters. The topological polar surface area (TPSA) is 108 Å². The quantitative estimate of drug-likeness (QED) is 0.0964. The molecule has 0 radical (unpaired) electrons. The van der Waals surface area contributed by atoms with Crippen molar-refractivity contribution in [2.45, 2.75) is 117 Å². The van der Waals surface area contributed by atoms with Gasteiger partial charge < -0.3 is 24.1 Å². The number of phenolic OH excluding ortho intramolecular Hbond substituents is 1. The highest BCUT2D eigenvalue weighted by molar-refractivity contribution is 5.98. The molecule has 0 fully saturated rings. The van der Waals surface area contributed by atoms with E-state index in [-0.39, 0.29) is 29.2 Å². The van der Waals surface area contributed by atoms with Crippen LogP contribution in [0.2, 0.25) is 0 Å². The first kappa shape index (κ1) is 34.9. The number of hydrogen-bond donors (Lipinski definition) is 1. The second-order valence-electron chi connectivity index (χ2n) is 11.9. The van der Waals surface area contributed by atoms with E-state index in [4.69, 9.17) is 18.9 Å². The molecular weight excluding hydrogens is 560 g/mol. The number of benzene rings is 2. The number of fused-ring (bicyclic) bond motifs is 1. The summed E-state index contributed by atoms with van der Waals surface area (Å²) >= 11 is 0. The number of ether oxygens (including phenoxy) is 4. The van der Waals surface area contributed by atoms with Crippen molar-refractivity contribution in [1.29, 1.82) is 0 Å². The number of rotatable bonds is 19. The van der Waals surface area contributed by atoms with Crippen LogP contribution >= 0.6 is 0 Å². The Balaban J connectivity index is 1.47. The largest absolute Gasteiger partial charge is 0.507 e. The van der Waals surface area contributed by atoms with Gasteiger partial charge in [0.15, 0.2) is 17.7 Å². The molecule has 2 aromatic rings. The van der Waals surface area contributed by atoms with Gasteiger partial charge in [-0.05, 0) is 82.1 Å². The minimum atomic E-state index is -0.657. The molecule has 0 aliphatic carbocycles. The Bertz CT molecular complexity index is 1270. The molecule has 0 unspecified atom stereocenters. The number of ketones is 2. The number of carbonyl (C=O) groups excluding carboxylic acids is 3. The molecule has 1 aliphatic rings. The minimum Gasteiger partial charge on any atom is -0.507 e. The van der Waals surface area contributed by atoms with Gasteiger partial charge in [-0.3, -0.25) is 9.59 Å². The monoisotopic (exact) mass is 610 g/mol. The van der Waals surface area contributed by atoms with Crippen molar-refractivity contribution in [2.24, 2.45) is 0 Å². The Morgan fingerprint density at radius 1 is 0.841 bits per heavy atom. The van der Waals surface area contributed by atoms with Gasteiger partial charge in [-0.15, -0.1) is 0 Å². The summed E-state index contributed by atoms with van der Waals surface area (Å²) in [6.45, 7) is 10.3. The molecule has 0 spiro atoms. The molecule has 1 aliphatic heterocycles. The van der Waals surface area contributed by atoms with Crippen molar-refractivity contribution >= 4 is 17.5 Å². The zero-order chi connectivity index (χ0) is 32.1. The van der Waals surface area contributed by atoms with Crippen molar-refractivity contribution in [3.05, 3.63) is 46.5 Å². The van der Waals surface area contributed by atoms with Crippen molar-refractivity contribution in [1.82, 2.24) is 0 Å². The predicted octanol–water partition coefficient (Wildman–Crippen LogP) is 8.15. The lowest BCUT2D eigenvalue weighted by Crippen LogP contribution is -2.33. The second-order valence-corrected chi connectivity index (χ2v) is 11.9. The van der Waals surface area contributed by atoms with Gasteiger partial charge in [-0.25, -0.2) is 4.79 Å². The van der Waals surface area contributed by atoms with Crippen LogP contribution in [0, 0.1) is 0 Å². The van der Waals surface area contributed by atoms with Gasteiger partial charge in [0.25, 0.3) is 0 Å². The smallest absolute Gasteiger partial charge is 0.347 e. The molecule has 8 nitrogen and oxygen atoms in total. The van der Waals surface area contributed by atoms with E-state index < -0.39 is 6.10 Å². The van der Waals surface area contributed by atoms with Gasteiger partial charge in [-0.2, -0.15) is 0 Å². The van der Waals surface area contributed by atoms with Gasteiger partial charge in [0.05, 0.1) is 30.9 Å². The van der Waals surface area contributed by atoms with Crippen molar-refractivity contribution < 1.29 is 38.4 Å². The molecule has 0 saturated heterocycles.